The molecular weight excluding hydrogens is 304 g/mol. The Morgan fingerprint density at radius 1 is 1.00 bits per heavy atom. The Hall–Kier alpha value is -2.34. The van der Waals surface area contributed by atoms with Crippen LogP contribution in [0.3, 0.4) is 0 Å². The van der Waals surface area contributed by atoms with E-state index < -0.39 is 10.1 Å². The number of carbonyl (C=O) groups excluding carboxylic acids is 1. The van der Waals surface area contributed by atoms with E-state index >= 15 is 0 Å². The third kappa shape index (κ3) is 3.46. The maximum Gasteiger partial charge on any atom is 0.339 e. The van der Waals surface area contributed by atoms with E-state index in [1.54, 1.807) is 12.1 Å². The normalized spacial score (nSPS) is 11.0. The van der Waals surface area contributed by atoms with Crippen LogP contribution in [0.1, 0.15) is 22.8 Å². The van der Waals surface area contributed by atoms with Crippen LogP contribution in [0.25, 0.3) is 0 Å². The summed E-state index contributed by atoms with van der Waals surface area (Å²) >= 11 is 0. The first kappa shape index (κ1) is 16.0. The molecule has 0 saturated carbocycles. The van der Waals surface area contributed by atoms with Gasteiger partial charge in [-0.05, 0) is 43.7 Å². The van der Waals surface area contributed by atoms with Gasteiger partial charge in [0.1, 0.15) is 4.90 Å². The third-order valence-electron chi connectivity index (χ3n) is 3.07. The number of hydrogen-bond donors (Lipinski definition) is 0. The minimum atomic E-state index is -3.99. The van der Waals surface area contributed by atoms with Crippen molar-refractivity contribution in [1.29, 1.82) is 0 Å². The molecule has 2 aromatic rings. The van der Waals surface area contributed by atoms with E-state index in [1.807, 2.05) is 6.92 Å². The van der Waals surface area contributed by atoms with E-state index in [0.717, 1.165) is 5.56 Å². The molecule has 22 heavy (non-hydrogen) atoms. The zero-order chi connectivity index (χ0) is 16.3. The van der Waals surface area contributed by atoms with Crippen molar-refractivity contribution in [3.8, 4) is 11.5 Å². The SMILES string of the molecule is COc1cc(C)ccc1OS(=O)(=O)c1ccc(C(C)=O)cc1. The molecule has 6 heteroatoms. The van der Waals surface area contributed by atoms with Crippen LogP contribution in [-0.4, -0.2) is 21.3 Å². The van der Waals surface area contributed by atoms with Crippen LogP contribution in [0.5, 0.6) is 11.5 Å². The maximum atomic E-state index is 12.3. The Balaban J connectivity index is 2.33. The minimum absolute atomic E-state index is 0.0277. The minimum Gasteiger partial charge on any atom is -0.493 e. The summed E-state index contributed by atoms with van der Waals surface area (Å²) in [5, 5.41) is 0. The maximum absolute atomic E-state index is 12.3. The number of benzene rings is 2. The number of Topliss-reactive ketones (excluding diaryl/α,β-unsaturated/α-hetero) is 1. The molecule has 0 spiro atoms. The fraction of sp³-hybridized carbons (Fsp3) is 0.188. The monoisotopic (exact) mass is 320 g/mol. The Labute approximate surface area is 129 Å². The molecule has 0 N–H and O–H groups in total. The Morgan fingerprint density at radius 2 is 1.64 bits per heavy atom. The molecule has 0 radical (unpaired) electrons. The molecule has 2 aromatic carbocycles. The highest BCUT2D eigenvalue weighted by molar-refractivity contribution is 7.87. The number of hydrogen-bond acceptors (Lipinski definition) is 5. The summed E-state index contributed by atoms with van der Waals surface area (Å²) in [6.45, 7) is 3.28. The second kappa shape index (κ2) is 6.19. The summed E-state index contributed by atoms with van der Waals surface area (Å²) in [6, 6.07) is 10.5. The molecule has 0 aliphatic carbocycles. The van der Waals surface area contributed by atoms with Crippen LogP contribution in [0.4, 0.5) is 0 Å². The zero-order valence-electron chi connectivity index (χ0n) is 12.5. The Kier molecular flexibility index (Phi) is 4.51. The smallest absolute Gasteiger partial charge is 0.339 e. The van der Waals surface area contributed by atoms with E-state index in [0.29, 0.717) is 11.3 Å². The Bertz CT molecular complexity index is 792. The van der Waals surface area contributed by atoms with Gasteiger partial charge in [0.2, 0.25) is 0 Å². The van der Waals surface area contributed by atoms with Crippen molar-refractivity contribution in [1.82, 2.24) is 0 Å². The molecule has 0 unspecified atom stereocenters. The van der Waals surface area contributed by atoms with E-state index in [9.17, 15) is 13.2 Å². The van der Waals surface area contributed by atoms with Crippen molar-refractivity contribution in [2.45, 2.75) is 18.7 Å². The van der Waals surface area contributed by atoms with Crippen LogP contribution >= 0.6 is 0 Å². The van der Waals surface area contributed by atoms with Crippen LogP contribution in [0.2, 0.25) is 0 Å². The predicted molar refractivity (Wildman–Crippen MR) is 82.0 cm³/mol. The lowest BCUT2D eigenvalue weighted by molar-refractivity contribution is 0.101. The van der Waals surface area contributed by atoms with Crippen LogP contribution in [0.15, 0.2) is 47.4 Å². The van der Waals surface area contributed by atoms with Gasteiger partial charge in [-0.25, -0.2) is 0 Å². The first-order valence-electron chi connectivity index (χ1n) is 6.53. The summed E-state index contributed by atoms with van der Waals surface area (Å²) in [4.78, 5) is 11.2. The number of methoxy groups -OCH3 is 1. The number of rotatable bonds is 5. The van der Waals surface area contributed by atoms with Gasteiger partial charge in [0.25, 0.3) is 0 Å². The first-order valence-corrected chi connectivity index (χ1v) is 7.94. The van der Waals surface area contributed by atoms with Crippen molar-refractivity contribution in [3.63, 3.8) is 0 Å². The summed E-state index contributed by atoms with van der Waals surface area (Å²) in [6.07, 6.45) is 0. The van der Waals surface area contributed by atoms with Gasteiger partial charge in [0.05, 0.1) is 7.11 Å². The molecule has 0 saturated heterocycles. The lowest BCUT2D eigenvalue weighted by Crippen LogP contribution is -2.10. The fourth-order valence-corrected chi connectivity index (χ4v) is 2.81. The van der Waals surface area contributed by atoms with Gasteiger partial charge in [0, 0.05) is 5.56 Å². The lowest BCUT2D eigenvalue weighted by Gasteiger charge is -2.11. The molecule has 0 amide bonds. The van der Waals surface area contributed by atoms with E-state index in [-0.39, 0.29) is 16.4 Å². The molecule has 0 aliphatic rings. The topological polar surface area (TPSA) is 69.7 Å². The van der Waals surface area contributed by atoms with Crippen LogP contribution in [0, 0.1) is 6.92 Å². The highest BCUT2D eigenvalue weighted by Crippen LogP contribution is 2.30. The standard InChI is InChI=1S/C16H16O5S/c1-11-4-9-15(16(10-11)20-3)21-22(18,19)14-7-5-13(6-8-14)12(2)17/h4-10H,1-3H3. The number of ether oxygens (including phenoxy) is 1. The van der Waals surface area contributed by atoms with E-state index in [4.69, 9.17) is 8.92 Å². The quantitative estimate of drug-likeness (QED) is 0.626. The molecule has 0 aromatic heterocycles. The van der Waals surface area contributed by atoms with Gasteiger partial charge >= 0.3 is 10.1 Å². The van der Waals surface area contributed by atoms with Crippen molar-refractivity contribution < 1.29 is 22.1 Å². The van der Waals surface area contributed by atoms with Gasteiger partial charge in [0.15, 0.2) is 17.3 Å². The average Bonchev–Trinajstić information content (AvgIpc) is 2.49. The highest BCUT2D eigenvalue weighted by Gasteiger charge is 2.19. The summed E-state index contributed by atoms with van der Waals surface area (Å²) < 4.78 is 34.8. The van der Waals surface area contributed by atoms with Crippen LogP contribution in [-0.2, 0) is 10.1 Å². The summed E-state index contributed by atoms with van der Waals surface area (Å²) in [5.41, 5.74) is 1.36. The van der Waals surface area contributed by atoms with Gasteiger partial charge in [-0.2, -0.15) is 8.42 Å². The second-order valence-corrected chi connectivity index (χ2v) is 6.32. The van der Waals surface area contributed by atoms with Crippen molar-refractivity contribution in [2.75, 3.05) is 7.11 Å². The highest BCUT2D eigenvalue weighted by atomic mass is 32.2. The van der Waals surface area contributed by atoms with Gasteiger partial charge < -0.3 is 8.92 Å². The molecule has 0 bridgehead atoms. The zero-order valence-corrected chi connectivity index (χ0v) is 13.3. The lowest BCUT2D eigenvalue weighted by atomic mass is 10.2. The molecule has 0 fully saturated rings. The third-order valence-corrected chi connectivity index (χ3v) is 4.32. The van der Waals surface area contributed by atoms with E-state index in [2.05, 4.69) is 0 Å². The second-order valence-electron chi connectivity index (χ2n) is 4.77. The van der Waals surface area contributed by atoms with Crippen molar-refractivity contribution in [2.24, 2.45) is 0 Å². The fourth-order valence-electron chi connectivity index (χ4n) is 1.87. The van der Waals surface area contributed by atoms with Gasteiger partial charge in [-0.15, -0.1) is 0 Å². The van der Waals surface area contributed by atoms with Gasteiger partial charge in [-0.3, -0.25) is 4.79 Å². The number of aryl methyl sites for hydroxylation is 1. The van der Waals surface area contributed by atoms with E-state index in [1.165, 1.54) is 44.4 Å². The first-order chi connectivity index (χ1) is 10.3. The number of ketones is 1. The summed E-state index contributed by atoms with van der Waals surface area (Å²) in [5.74, 6) is 0.317. The Morgan fingerprint density at radius 3 is 2.18 bits per heavy atom. The average molecular weight is 320 g/mol. The summed E-state index contributed by atoms with van der Waals surface area (Å²) in [7, 11) is -2.55. The van der Waals surface area contributed by atoms with Crippen molar-refractivity contribution >= 4 is 15.9 Å². The number of carbonyl (C=O) groups is 1. The molecular formula is C16H16O5S. The largest absolute Gasteiger partial charge is 0.493 e. The molecule has 0 aliphatic heterocycles. The molecule has 116 valence electrons. The van der Waals surface area contributed by atoms with Crippen molar-refractivity contribution in [3.05, 3.63) is 53.6 Å². The molecule has 2 rings (SSSR count). The molecule has 0 heterocycles. The molecule has 0 atom stereocenters. The predicted octanol–water partition coefficient (Wildman–Crippen LogP) is 2.97. The molecule has 5 nitrogen and oxygen atoms in total. The van der Waals surface area contributed by atoms with Gasteiger partial charge in [-0.1, -0.05) is 18.2 Å². The van der Waals surface area contributed by atoms with Crippen LogP contribution < -0.4 is 8.92 Å².